The molecule has 0 spiro atoms. The molecule has 0 amide bonds. The molecule has 1 aliphatic carbocycles. The number of methoxy groups -OCH3 is 1. The van der Waals surface area contributed by atoms with E-state index in [1.165, 1.54) is 0 Å². The maximum absolute atomic E-state index is 5.45. The Morgan fingerprint density at radius 2 is 2.09 bits per heavy atom. The molecule has 2 N–H and O–H groups in total. The molecule has 5 heteroatoms. The molecule has 0 saturated heterocycles. The Hall–Kier alpha value is -2.04. The first-order chi connectivity index (χ1) is 10.7. The van der Waals surface area contributed by atoms with Gasteiger partial charge >= 0.3 is 0 Å². The molecule has 22 heavy (non-hydrogen) atoms. The summed E-state index contributed by atoms with van der Waals surface area (Å²) in [5, 5.41) is 6.76. The van der Waals surface area contributed by atoms with Crippen LogP contribution in [0.3, 0.4) is 0 Å². The number of pyridine rings is 1. The number of hydrogen-bond donors (Lipinski definition) is 2. The number of ether oxygens (including phenoxy) is 1. The molecule has 0 aliphatic heterocycles. The molecule has 0 fully saturated rings. The Labute approximate surface area is 132 Å². The van der Waals surface area contributed by atoms with Crippen LogP contribution in [0.1, 0.15) is 36.6 Å². The number of hydrogen-bond acceptors (Lipinski definition) is 3. The summed E-state index contributed by atoms with van der Waals surface area (Å²) in [6.07, 6.45) is 8.37. The highest BCUT2D eigenvalue weighted by atomic mass is 16.5. The fourth-order valence-corrected chi connectivity index (χ4v) is 2.63. The predicted octanol–water partition coefficient (Wildman–Crippen LogP) is 2.48. The first-order valence-corrected chi connectivity index (χ1v) is 7.84. The molecule has 0 atom stereocenters. The Balaban J connectivity index is 2.09. The van der Waals surface area contributed by atoms with Crippen LogP contribution in [-0.4, -0.2) is 30.6 Å². The van der Waals surface area contributed by atoms with E-state index in [2.05, 4.69) is 39.7 Å². The van der Waals surface area contributed by atoms with Gasteiger partial charge in [-0.1, -0.05) is 12.2 Å². The van der Waals surface area contributed by atoms with E-state index in [-0.39, 0.29) is 0 Å². The summed E-state index contributed by atoms with van der Waals surface area (Å²) < 4.78 is 5.45. The molecule has 2 rings (SSSR count). The van der Waals surface area contributed by atoms with Crippen LogP contribution >= 0.6 is 0 Å². The fraction of sp³-hybridized carbons (Fsp3) is 0.529. The van der Waals surface area contributed by atoms with E-state index in [1.807, 2.05) is 20.0 Å². The zero-order chi connectivity index (χ0) is 15.9. The maximum Gasteiger partial charge on any atom is 0.191 e. The van der Waals surface area contributed by atoms with E-state index in [0.717, 1.165) is 47.9 Å². The largest absolute Gasteiger partial charge is 0.496 e. The molecule has 1 aromatic rings. The predicted molar refractivity (Wildman–Crippen MR) is 90.4 cm³/mol. The summed E-state index contributed by atoms with van der Waals surface area (Å²) in [7, 11) is 1.70. The van der Waals surface area contributed by atoms with Gasteiger partial charge in [-0.15, -0.1) is 0 Å². The SMILES string of the molecule is CCNC(=NCc1ncc(C)c(OC)c1C)NC1CC=CC1. The van der Waals surface area contributed by atoms with Crippen LogP contribution in [0, 0.1) is 13.8 Å². The minimum Gasteiger partial charge on any atom is -0.496 e. The summed E-state index contributed by atoms with van der Waals surface area (Å²) in [5.74, 6) is 1.75. The lowest BCUT2D eigenvalue weighted by atomic mass is 10.1. The molecule has 0 bridgehead atoms. The summed E-state index contributed by atoms with van der Waals surface area (Å²) >= 11 is 0. The standard InChI is InChI=1S/C17H26N4O/c1-5-18-17(21-14-8-6-7-9-14)20-11-15-13(3)16(22-4)12(2)10-19-15/h6-7,10,14H,5,8-9,11H2,1-4H3,(H2,18,20,21). The molecule has 0 aromatic carbocycles. The van der Waals surface area contributed by atoms with Gasteiger partial charge in [0.25, 0.3) is 0 Å². The van der Waals surface area contributed by atoms with Crippen LogP contribution in [0.5, 0.6) is 5.75 Å². The normalized spacial score (nSPS) is 15.2. The molecule has 120 valence electrons. The topological polar surface area (TPSA) is 58.5 Å². The summed E-state index contributed by atoms with van der Waals surface area (Å²) in [4.78, 5) is 9.16. The average Bonchev–Trinajstić information content (AvgIpc) is 3.00. The van der Waals surface area contributed by atoms with Crippen molar-refractivity contribution in [1.82, 2.24) is 15.6 Å². The highest BCUT2D eigenvalue weighted by molar-refractivity contribution is 5.80. The maximum atomic E-state index is 5.45. The van der Waals surface area contributed by atoms with E-state index in [0.29, 0.717) is 12.6 Å². The number of nitrogens with zero attached hydrogens (tertiary/aromatic N) is 2. The monoisotopic (exact) mass is 302 g/mol. The van der Waals surface area contributed by atoms with E-state index >= 15 is 0 Å². The van der Waals surface area contributed by atoms with E-state index in [4.69, 9.17) is 4.74 Å². The zero-order valence-electron chi connectivity index (χ0n) is 13.9. The minimum absolute atomic E-state index is 0.444. The van der Waals surface area contributed by atoms with Crippen LogP contribution < -0.4 is 15.4 Å². The Morgan fingerprint density at radius 3 is 2.73 bits per heavy atom. The summed E-state index contributed by atoms with van der Waals surface area (Å²) in [6.45, 7) is 7.49. The number of aryl methyl sites for hydroxylation is 1. The second-order valence-corrected chi connectivity index (χ2v) is 5.53. The van der Waals surface area contributed by atoms with Crippen LogP contribution in [0.15, 0.2) is 23.3 Å². The third-order valence-corrected chi connectivity index (χ3v) is 3.83. The van der Waals surface area contributed by atoms with Gasteiger partial charge < -0.3 is 15.4 Å². The van der Waals surface area contributed by atoms with Crippen LogP contribution in [-0.2, 0) is 6.54 Å². The summed E-state index contributed by atoms with van der Waals surface area (Å²) in [5.41, 5.74) is 3.06. The van der Waals surface area contributed by atoms with Gasteiger partial charge in [0.1, 0.15) is 5.75 Å². The quantitative estimate of drug-likeness (QED) is 0.498. The van der Waals surface area contributed by atoms with Crippen molar-refractivity contribution in [3.8, 4) is 5.75 Å². The van der Waals surface area contributed by atoms with E-state index < -0.39 is 0 Å². The van der Waals surface area contributed by atoms with Gasteiger partial charge in [0.2, 0.25) is 0 Å². The molecule has 0 radical (unpaired) electrons. The molecule has 5 nitrogen and oxygen atoms in total. The Bertz CT molecular complexity index is 558. The van der Waals surface area contributed by atoms with Crippen molar-refractivity contribution in [3.63, 3.8) is 0 Å². The van der Waals surface area contributed by atoms with Crippen LogP contribution in [0.2, 0.25) is 0 Å². The zero-order valence-corrected chi connectivity index (χ0v) is 13.9. The summed E-state index contributed by atoms with van der Waals surface area (Å²) in [6, 6.07) is 0.444. The van der Waals surface area contributed by atoms with E-state index in [9.17, 15) is 0 Å². The van der Waals surface area contributed by atoms with Crippen molar-refractivity contribution in [2.75, 3.05) is 13.7 Å². The lowest BCUT2D eigenvalue weighted by Gasteiger charge is -2.17. The molecular weight excluding hydrogens is 276 g/mol. The number of nitrogens with one attached hydrogen (secondary N) is 2. The van der Waals surface area contributed by atoms with Gasteiger partial charge in [-0.25, -0.2) is 4.99 Å². The Kier molecular flexibility index (Phi) is 5.81. The van der Waals surface area contributed by atoms with Crippen molar-refractivity contribution < 1.29 is 4.74 Å². The second kappa shape index (κ2) is 7.82. The third-order valence-electron chi connectivity index (χ3n) is 3.83. The average molecular weight is 302 g/mol. The van der Waals surface area contributed by atoms with Crippen LogP contribution in [0.25, 0.3) is 0 Å². The van der Waals surface area contributed by atoms with Gasteiger partial charge in [-0.3, -0.25) is 4.98 Å². The van der Waals surface area contributed by atoms with Crippen molar-refractivity contribution in [1.29, 1.82) is 0 Å². The molecule has 0 unspecified atom stereocenters. The minimum atomic E-state index is 0.444. The first kappa shape index (κ1) is 16.3. The number of rotatable bonds is 5. The molecular formula is C17H26N4O. The van der Waals surface area contributed by atoms with Gasteiger partial charge in [-0.2, -0.15) is 0 Å². The lowest BCUT2D eigenvalue weighted by Crippen LogP contribution is -2.42. The van der Waals surface area contributed by atoms with Gasteiger partial charge in [-0.05, 0) is 33.6 Å². The van der Waals surface area contributed by atoms with E-state index in [1.54, 1.807) is 7.11 Å². The molecule has 1 aliphatic rings. The number of guanidine groups is 1. The van der Waals surface area contributed by atoms with Crippen molar-refractivity contribution in [2.45, 2.75) is 46.2 Å². The molecule has 0 saturated carbocycles. The third kappa shape index (κ3) is 4.00. The fourth-order valence-electron chi connectivity index (χ4n) is 2.63. The van der Waals surface area contributed by atoms with Crippen molar-refractivity contribution in [3.05, 3.63) is 35.2 Å². The van der Waals surface area contributed by atoms with Gasteiger partial charge in [0, 0.05) is 29.9 Å². The molecule has 1 aromatic heterocycles. The smallest absolute Gasteiger partial charge is 0.191 e. The number of aromatic nitrogens is 1. The second-order valence-electron chi connectivity index (χ2n) is 5.53. The highest BCUT2D eigenvalue weighted by Gasteiger charge is 2.12. The Morgan fingerprint density at radius 1 is 1.36 bits per heavy atom. The first-order valence-electron chi connectivity index (χ1n) is 7.84. The van der Waals surface area contributed by atoms with Crippen molar-refractivity contribution >= 4 is 5.96 Å². The highest BCUT2D eigenvalue weighted by Crippen LogP contribution is 2.24. The van der Waals surface area contributed by atoms with Crippen LogP contribution in [0.4, 0.5) is 0 Å². The van der Waals surface area contributed by atoms with Crippen molar-refractivity contribution in [2.24, 2.45) is 4.99 Å². The number of aliphatic imine (C=N–C) groups is 1. The van der Waals surface area contributed by atoms with Gasteiger partial charge in [0.05, 0.1) is 19.3 Å². The lowest BCUT2D eigenvalue weighted by molar-refractivity contribution is 0.407. The molecule has 1 heterocycles. The van der Waals surface area contributed by atoms with Gasteiger partial charge in [0.15, 0.2) is 5.96 Å².